The van der Waals surface area contributed by atoms with Gasteiger partial charge in [-0.05, 0) is 37.1 Å². The van der Waals surface area contributed by atoms with E-state index in [1.54, 1.807) is 4.90 Å². The van der Waals surface area contributed by atoms with Crippen LogP contribution in [0.3, 0.4) is 0 Å². The Hall–Kier alpha value is -1.37. The monoisotopic (exact) mass is 412 g/mol. The van der Waals surface area contributed by atoms with E-state index in [2.05, 4.69) is 26.3 Å². The maximum Gasteiger partial charge on any atom is 0.274 e. The van der Waals surface area contributed by atoms with Crippen LogP contribution in [0.2, 0.25) is 0 Å². The van der Waals surface area contributed by atoms with Crippen LogP contribution >= 0.6 is 28.3 Å². The number of nitrogens with one attached hydrogen (secondary N) is 1. The molecular formula is C17H22BrClN4O. The number of piperidine rings is 1. The molecule has 0 aliphatic carbocycles. The van der Waals surface area contributed by atoms with Crippen LogP contribution in [0, 0.1) is 0 Å². The molecule has 1 saturated heterocycles. The van der Waals surface area contributed by atoms with E-state index >= 15 is 0 Å². The van der Waals surface area contributed by atoms with Gasteiger partial charge >= 0.3 is 0 Å². The fourth-order valence-electron chi connectivity index (χ4n) is 2.86. The Morgan fingerprint density at radius 3 is 2.92 bits per heavy atom. The van der Waals surface area contributed by atoms with Crippen LogP contribution in [-0.4, -0.2) is 40.7 Å². The molecule has 0 spiro atoms. The first-order valence-corrected chi connectivity index (χ1v) is 8.69. The van der Waals surface area contributed by atoms with Crippen LogP contribution < -0.4 is 5.32 Å². The summed E-state index contributed by atoms with van der Waals surface area (Å²) < 4.78 is 2.93. The van der Waals surface area contributed by atoms with Gasteiger partial charge in [0, 0.05) is 30.8 Å². The lowest BCUT2D eigenvalue weighted by Gasteiger charge is -2.23. The first kappa shape index (κ1) is 19.0. The molecule has 1 aromatic heterocycles. The Balaban J connectivity index is 0.00000208. The van der Waals surface area contributed by atoms with Crippen LogP contribution in [0.4, 0.5) is 0 Å². The molecule has 1 aliphatic heterocycles. The Morgan fingerprint density at radius 1 is 1.42 bits per heavy atom. The minimum atomic E-state index is -0.0525. The van der Waals surface area contributed by atoms with E-state index in [0.29, 0.717) is 18.3 Å². The lowest BCUT2D eigenvalue weighted by molar-refractivity contribution is 0.0777. The standard InChI is InChI=1S/C17H21BrN4O.ClH/c1-21(12-13-5-2-3-7-15(13)18)17(23)16-8-10-22(20-16)14-6-4-9-19-11-14;/h2-3,5,7-8,10,14,19H,4,6,9,11-12H2,1H3;1H. The molecule has 1 N–H and O–H groups in total. The highest BCUT2D eigenvalue weighted by molar-refractivity contribution is 9.10. The number of carbonyl (C=O) groups is 1. The van der Waals surface area contributed by atoms with Crippen molar-refractivity contribution in [1.29, 1.82) is 0 Å². The van der Waals surface area contributed by atoms with E-state index in [1.165, 1.54) is 0 Å². The molecule has 3 rings (SSSR count). The van der Waals surface area contributed by atoms with Crippen molar-refractivity contribution in [3.8, 4) is 0 Å². The van der Waals surface area contributed by atoms with Crippen molar-refractivity contribution in [3.63, 3.8) is 0 Å². The van der Waals surface area contributed by atoms with Gasteiger partial charge in [0.15, 0.2) is 0 Å². The van der Waals surface area contributed by atoms with Crippen molar-refractivity contribution in [3.05, 3.63) is 52.3 Å². The second-order valence-corrected chi connectivity index (χ2v) is 6.79. The predicted octanol–water partition coefficient (Wildman–Crippen LogP) is 3.26. The SMILES string of the molecule is CN(Cc1ccccc1Br)C(=O)c1ccn(C2CCCNC2)n1.Cl. The zero-order valence-electron chi connectivity index (χ0n) is 13.6. The summed E-state index contributed by atoms with van der Waals surface area (Å²) in [6.45, 7) is 2.54. The summed E-state index contributed by atoms with van der Waals surface area (Å²) in [6, 6.07) is 10.1. The summed E-state index contributed by atoms with van der Waals surface area (Å²) in [5.41, 5.74) is 1.59. The number of carbonyl (C=O) groups excluding carboxylic acids is 1. The summed E-state index contributed by atoms with van der Waals surface area (Å²) >= 11 is 3.52. The number of rotatable bonds is 4. The largest absolute Gasteiger partial charge is 0.336 e. The molecule has 0 radical (unpaired) electrons. The van der Waals surface area contributed by atoms with Crippen LogP contribution in [0.1, 0.15) is 34.9 Å². The number of aromatic nitrogens is 2. The van der Waals surface area contributed by atoms with Gasteiger partial charge in [0.25, 0.3) is 5.91 Å². The Kier molecular flexibility index (Phi) is 6.83. The van der Waals surface area contributed by atoms with Gasteiger partial charge in [-0.25, -0.2) is 0 Å². The molecule has 0 bridgehead atoms. The Labute approximate surface area is 157 Å². The molecule has 1 aliphatic rings. The normalized spacial score (nSPS) is 17.2. The van der Waals surface area contributed by atoms with Crippen LogP contribution in [0.5, 0.6) is 0 Å². The Morgan fingerprint density at radius 2 is 2.21 bits per heavy atom. The van der Waals surface area contributed by atoms with E-state index in [4.69, 9.17) is 0 Å². The number of hydrogen-bond acceptors (Lipinski definition) is 3. The first-order valence-electron chi connectivity index (χ1n) is 7.90. The molecule has 1 aromatic carbocycles. The fraction of sp³-hybridized carbons (Fsp3) is 0.412. The third-order valence-electron chi connectivity index (χ3n) is 4.18. The van der Waals surface area contributed by atoms with Gasteiger partial charge in [-0.3, -0.25) is 9.48 Å². The first-order chi connectivity index (χ1) is 11.1. The molecule has 2 heterocycles. The smallest absolute Gasteiger partial charge is 0.274 e. The van der Waals surface area contributed by atoms with E-state index < -0.39 is 0 Å². The summed E-state index contributed by atoms with van der Waals surface area (Å²) in [6.07, 6.45) is 4.17. The van der Waals surface area contributed by atoms with Gasteiger partial charge in [-0.2, -0.15) is 5.10 Å². The minimum absolute atomic E-state index is 0. The average Bonchev–Trinajstić information content (AvgIpc) is 3.07. The quantitative estimate of drug-likeness (QED) is 0.837. The van der Waals surface area contributed by atoms with Crippen molar-refractivity contribution in [1.82, 2.24) is 20.0 Å². The molecule has 1 unspecified atom stereocenters. The molecule has 1 fully saturated rings. The number of hydrogen-bond donors (Lipinski definition) is 1. The molecule has 5 nitrogen and oxygen atoms in total. The van der Waals surface area contributed by atoms with Crippen molar-refractivity contribution in [2.75, 3.05) is 20.1 Å². The number of benzene rings is 1. The zero-order chi connectivity index (χ0) is 16.2. The lowest BCUT2D eigenvalue weighted by atomic mass is 10.1. The predicted molar refractivity (Wildman–Crippen MR) is 101 cm³/mol. The van der Waals surface area contributed by atoms with Crippen molar-refractivity contribution in [2.24, 2.45) is 0 Å². The summed E-state index contributed by atoms with van der Waals surface area (Å²) in [7, 11) is 1.81. The second kappa shape index (κ2) is 8.65. The zero-order valence-corrected chi connectivity index (χ0v) is 16.0. The molecule has 24 heavy (non-hydrogen) atoms. The Bertz CT molecular complexity index is 685. The molecule has 130 valence electrons. The van der Waals surface area contributed by atoms with Gasteiger partial charge < -0.3 is 10.2 Å². The highest BCUT2D eigenvalue weighted by Crippen LogP contribution is 2.19. The van der Waals surface area contributed by atoms with Crippen molar-refractivity contribution >= 4 is 34.2 Å². The van der Waals surface area contributed by atoms with Gasteiger partial charge in [0.05, 0.1) is 6.04 Å². The third kappa shape index (κ3) is 4.37. The number of nitrogens with zero attached hydrogens (tertiary/aromatic N) is 3. The fourth-order valence-corrected chi connectivity index (χ4v) is 3.27. The van der Waals surface area contributed by atoms with Crippen LogP contribution in [0.25, 0.3) is 0 Å². The molecule has 1 amide bonds. The lowest BCUT2D eigenvalue weighted by Crippen LogP contribution is -2.32. The topological polar surface area (TPSA) is 50.2 Å². The van der Waals surface area contributed by atoms with E-state index in [1.807, 2.05) is 48.3 Å². The maximum atomic E-state index is 12.6. The summed E-state index contributed by atoms with van der Waals surface area (Å²) in [4.78, 5) is 14.3. The molecule has 7 heteroatoms. The van der Waals surface area contributed by atoms with Crippen molar-refractivity contribution in [2.45, 2.75) is 25.4 Å². The highest BCUT2D eigenvalue weighted by Gasteiger charge is 2.20. The van der Waals surface area contributed by atoms with Gasteiger partial charge in [0.2, 0.25) is 0 Å². The van der Waals surface area contributed by atoms with E-state index in [0.717, 1.165) is 36.0 Å². The maximum absolute atomic E-state index is 12.6. The number of amides is 1. The van der Waals surface area contributed by atoms with E-state index in [-0.39, 0.29) is 18.3 Å². The molecule has 2 aromatic rings. The molecular weight excluding hydrogens is 392 g/mol. The van der Waals surface area contributed by atoms with Crippen LogP contribution in [0.15, 0.2) is 41.0 Å². The number of halogens is 2. The molecule has 1 atom stereocenters. The average molecular weight is 414 g/mol. The highest BCUT2D eigenvalue weighted by atomic mass is 79.9. The second-order valence-electron chi connectivity index (χ2n) is 5.93. The van der Waals surface area contributed by atoms with Gasteiger partial charge in [-0.15, -0.1) is 12.4 Å². The van der Waals surface area contributed by atoms with Crippen LogP contribution in [-0.2, 0) is 6.54 Å². The third-order valence-corrected chi connectivity index (χ3v) is 4.96. The summed E-state index contributed by atoms with van der Waals surface area (Å²) in [5.74, 6) is -0.0525. The summed E-state index contributed by atoms with van der Waals surface area (Å²) in [5, 5.41) is 7.86. The van der Waals surface area contributed by atoms with Gasteiger partial charge in [-0.1, -0.05) is 34.1 Å². The molecule has 0 saturated carbocycles. The minimum Gasteiger partial charge on any atom is -0.336 e. The van der Waals surface area contributed by atoms with E-state index in [9.17, 15) is 4.79 Å². The van der Waals surface area contributed by atoms with Gasteiger partial charge in [0.1, 0.15) is 5.69 Å². The van der Waals surface area contributed by atoms with Crippen molar-refractivity contribution < 1.29 is 4.79 Å².